The van der Waals surface area contributed by atoms with Crippen molar-refractivity contribution in [3.8, 4) is 6.07 Å². The Labute approximate surface area is 125 Å². The van der Waals surface area contributed by atoms with E-state index in [9.17, 15) is 0 Å². The molecule has 0 aliphatic rings. The van der Waals surface area contributed by atoms with Crippen molar-refractivity contribution in [3.05, 3.63) is 39.6 Å². The van der Waals surface area contributed by atoms with E-state index in [1.807, 2.05) is 19.1 Å². The molecule has 20 heavy (non-hydrogen) atoms. The van der Waals surface area contributed by atoms with E-state index in [1.54, 1.807) is 13.0 Å². The van der Waals surface area contributed by atoms with Crippen LogP contribution in [-0.2, 0) is 0 Å². The van der Waals surface area contributed by atoms with Gasteiger partial charge in [-0.25, -0.2) is 15.8 Å². The Hall–Kier alpha value is -2.17. The first-order chi connectivity index (χ1) is 9.55. The lowest BCUT2D eigenvalue weighted by molar-refractivity contribution is 1.03. The Morgan fingerprint density at radius 3 is 2.60 bits per heavy atom. The van der Waals surface area contributed by atoms with Crippen molar-refractivity contribution in [2.75, 3.05) is 10.7 Å². The molecule has 1 aromatic carbocycles. The summed E-state index contributed by atoms with van der Waals surface area (Å²) >= 11 is 3.39. The number of aryl methyl sites for hydroxylation is 1. The number of nitrogens with one attached hydrogen (secondary N) is 2. The molecular weight excluding hydrogens is 320 g/mol. The third-order valence-corrected chi connectivity index (χ3v) is 3.24. The Balaban J connectivity index is 2.48. The van der Waals surface area contributed by atoms with E-state index in [4.69, 9.17) is 11.1 Å². The number of hydrogen-bond donors (Lipinski definition) is 3. The number of nitrogens with two attached hydrogens (primary N) is 1. The number of halogens is 1. The van der Waals surface area contributed by atoms with Gasteiger partial charge < -0.3 is 10.7 Å². The summed E-state index contributed by atoms with van der Waals surface area (Å²) in [6.07, 6.45) is 0. The summed E-state index contributed by atoms with van der Waals surface area (Å²) in [5.41, 5.74) is 4.52. The van der Waals surface area contributed by atoms with Gasteiger partial charge in [0.25, 0.3) is 0 Å². The van der Waals surface area contributed by atoms with Gasteiger partial charge in [-0.1, -0.05) is 15.9 Å². The number of hydrazine groups is 1. The summed E-state index contributed by atoms with van der Waals surface area (Å²) in [5.74, 6) is 7.18. The van der Waals surface area contributed by atoms with Crippen LogP contribution in [0, 0.1) is 25.2 Å². The van der Waals surface area contributed by atoms with Crippen molar-refractivity contribution in [2.24, 2.45) is 5.84 Å². The van der Waals surface area contributed by atoms with Crippen molar-refractivity contribution in [2.45, 2.75) is 13.8 Å². The third-order valence-electron chi connectivity index (χ3n) is 2.75. The second-order valence-corrected chi connectivity index (χ2v) is 5.08. The molecule has 0 fully saturated rings. The molecule has 2 aromatic rings. The van der Waals surface area contributed by atoms with Crippen LogP contribution in [0.5, 0.6) is 0 Å². The van der Waals surface area contributed by atoms with E-state index < -0.39 is 0 Å². The molecule has 0 bridgehead atoms. The zero-order valence-electron chi connectivity index (χ0n) is 11.0. The third kappa shape index (κ3) is 2.87. The lowest BCUT2D eigenvalue weighted by Gasteiger charge is -2.13. The lowest BCUT2D eigenvalue weighted by atomic mass is 10.2. The van der Waals surface area contributed by atoms with Crippen molar-refractivity contribution >= 4 is 33.3 Å². The van der Waals surface area contributed by atoms with E-state index >= 15 is 0 Å². The van der Waals surface area contributed by atoms with E-state index in [2.05, 4.69) is 42.7 Å². The average molecular weight is 333 g/mol. The SMILES string of the molecule is Cc1nc(NN)c(C)c(Nc2cc(Br)ccc2C#N)n1. The van der Waals surface area contributed by atoms with Gasteiger partial charge in [-0.05, 0) is 32.0 Å². The van der Waals surface area contributed by atoms with Crippen LogP contribution < -0.4 is 16.6 Å². The van der Waals surface area contributed by atoms with Gasteiger partial charge in [0.2, 0.25) is 0 Å². The molecule has 0 atom stereocenters. The molecule has 102 valence electrons. The second kappa shape index (κ2) is 5.86. The Kier molecular flexibility index (Phi) is 4.17. The number of benzene rings is 1. The first-order valence-electron chi connectivity index (χ1n) is 5.83. The van der Waals surface area contributed by atoms with Gasteiger partial charge in [-0.3, -0.25) is 0 Å². The minimum Gasteiger partial charge on any atom is -0.339 e. The molecule has 6 nitrogen and oxygen atoms in total. The monoisotopic (exact) mass is 332 g/mol. The highest BCUT2D eigenvalue weighted by Crippen LogP contribution is 2.27. The fourth-order valence-corrected chi connectivity index (χ4v) is 2.10. The predicted molar refractivity (Wildman–Crippen MR) is 81.5 cm³/mol. The molecule has 1 aromatic heterocycles. The van der Waals surface area contributed by atoms with Gasteiger partial charge in [-0.2, -0.15) is 5.26 Å². The van der Waals surface area contributed by atoms with E-state index in [-0.39, 0.29) is 0 Å². The molecule has 0 spiro atoms. The van der Waals surface area contributed by atoms with Gasteiger partial charge in [-0.15, -0.1) is 0 Å². The smallest absolute Gasteiger partial charge is 0.148 e. The Bertz CT molecular complexity index is 692. The minimum absolute atomic E-state index is 0.533. The van der Waals surface area contributed by atoms with Crippen LogP contribution in [0.1, 0.15) is 17.0 Å². The summed E-state index contributed by atoms with van der Waals surface area (Å²) in [6, 6.07) is 7.51. The Morgan fingerprint density at radius 2 is 1.95 bits per heavy atom. The number of rotatable bonds is 3. The molecule has 0 saturated heterocycles. The molecule has 7 heteroatoms. The van der Waals surface area contributed by atoms with Crippen LogP contribution in [0.2, 0.25) is 0 Å². The van der Waals surface area contributed by atoms with Crippen LogP contribution >= 0.6 is 15.9 Å². The maximum Gasteiger partial charge on any atom is 0.148 e. The van der Waals surface area contributed by atoms with Gasteiger partial charge in [0.15, 0.2) is 0 Å². The van der Waals surface area contributed by atoms with Crippen molar-refractivity contribution in [1.82, 2.24) is 9.97 Å². The molecule has 0 aliphatic carbocycles. The van der Waals surface area contributed by atoms with Crippen molar-refractivity contribution in [1.29, 1.82) is 5.26 Å². The van der Waals surface area contributed by atoms with Crippen molar-refractivity contribution in [3.63, 3.8) is 0 Å². The summed E-state index contributed by atoms with van der Waals surface area (Å²) in [5, 5.41) is 12.3. The Morgan fingerprint density at radius 1 is 1.25 bits per heavy atom. The van der Waals surface area contributed by atoms with E-state index in [0.29, 0.717) is 28.7 Å². The number of aromatic nitrogens is 2. The molecule has 0 amide bonds. The highest BCUT2D eigenvalue weighted by Gasteiger charge is 2.11. The quantitative estimate of drug-likeness (QED) is 0.590. The molecule has 4 N–H and O–H groups in total. The minimum atomic E-state index is 0.533. The zero-order chi connectivity index (χ0) is 14.7. The molecule has 1 heterocycles. The number of hydrogen-bond acceptors (Lipinski definition) is 6. The largest absolute Gasteiger partial charge is 0.339 e. The number of nitriles is 1. The van der Waals surface area contributed by atoms with Crippen LogP contribution in [0.3, 0.4) is 0 Å². The first kappa shape index (κ1) is 14.2. The highest BCUT2D eigenvalue weighted by atomic mass is 79.9. The van der Waals surface area contributed by atoms with E-state index in [0.717, 1.165) is 10.0 Å². The number of nitrogens with zero attached hydrogens (tertiary/aromatic N) is 3. The summed E-state index contributed by atoms with van der Waals surface area (Å²) < 4.78 is 0.875. The normalized spacial score (nSPS) is 9.95. The predicted octanol–water partition coefficient (Wildman–Crippen LogP) is 2.76. The number of nitrogen functional groups attached to an aromatic ring is 1. The average Bonchev–Trinajstić information content (AvgIpc) is 2.42. The lowest BCUT2D eigenvalue weighted by Crippen LogP contribution is -2.13. The van der Waals surface area contributed by atoms with Gasteiger partial charge in [0.1, 0.15) is 23.5 Å². The summed E-state index contributed by atoms with van der Waals surface area (Å²) in [6.45, 7) is 3.62. The van der Waals surface area contributed by atoms with Crippen molar-refractivity contribution < 1.29 is 0 Å². The standard InChI is InChI=1S/C13H13BrN6/c1-7-12(17-8(2)18-13(7)20-16)19-11-5-10(14)4-3-9(11)6-15/h3-5H,16H2,1-2H3,(H2,17,18,19,20). The summed E-state index contributed by atoms with van der Waals surface area (Å²) in [4.78, 5) is 8.53. The van der Waals surface area contributed by atoms with Gasteiger partial charge in [0, 0.05) is 10.0 Å². The molecule has 0 saturated carbocycles. The van der Waals surface area contributed by atoms with Crippen LogP contribution in [-0.4, -0.2) is 9.97 Å². The zero-order valence-corrected chi connectivity index (χ0v) is 12.6. The van der Waals surface area contributed by atoms with E-state index in [1.165, 1.54) is 0 Å². The number of anilines is 3. The topological polar surface area (TPSA) is 99.6 Å². The molecule has 0 aliphatic heterocycles. The van der Waals surface area contributed by atoms with Gasteiger partial charge >= 0.3 is 0 Å². The maximum absolute atomic E-state index is 9.14. The van der Waals surface area contributed by atoms with Crippen LogP contribution in [0.25, 0.3) is 0 Å². The fourth-order valence-electron chi connectivity index (χ4n) is 1.74. The van der Waals surface area contributed by atoms with Crippen LogP contribution in [0.4, 0.5) is 17.3 Å². The molecular formula is C13H13BrN6. The first-order valence-corrected chi connectivity index (χ1v) is 6.63. The fraction of sp³-hybridized carbons (Fsp3) is 0.154. The molecule has 2 rings (SSSR count). The highest BCUT2D eigenvalue weighted by molar-refractivity contribution is 9.10. The van der Waals surface area contributed by atoms with Crippen LogP contribution in [0.15, 0.2) is 22.7 Å². The maximum atomic E-state index is 9.14. The molecule has 0 unspecified atom stereocenters. The second-order valence-electron chi connectivity index (χ2n) is 4.16. The molecule has 0 radical (unpaired) electrons. The van der Waals surface area contributed by atoms with Gasteiger partial charge in [0.05, 0.1) is 11.3 Å². The summed E-state index contributed by atoms with van der Waals surface area (Å²) in [7, 11) is 0.